The molecule has 102 valence electrons. The molecule has 0 aromatic carbocycles. The number of aromatic nitrogens is 1. The molecule has 18 heavy (non-hydrogen) atoms. The zero-order chi connectivity index (χ0) is 13.5. The summed E-state index contributed by atoms with van der Waals surface area (Å²) in [7, 11) is 0. The van der Waals surface area contributed by atoms with E-state index in [1.165, 1.54) is 11.3 Å². The molecule has 1 heterocycles. The van der Waals surface area contributed by atoms with Crippen LogP contribution in [0.25, 0.3) is 0 Å². The fraction of sp³-hybridized carbons (Fsp3) is 0.692. The monoisotopic (exact) mass is 270 g/mol. The molecule has 1 aromatic heterocycles. The van der Waals surface area contributed by atoms with E-state index in [1.54, 1.807) is 0 Å². The molecule has 0 bridgehead atoms. The van der Waals surface area contributed by atoms with Gasteiger partial charge in [-0.3, -0.25) is 0 Å². The molecule has 1 rings (SSSR count). The molecule has 1 aromatic rings. The van der Waals surface area contributed by atoms with Crippen molar-refractivity contribution in [3.8, 4) is 0 Å². The number of carbonyl (C=O) groups is 1. The summed E-state index contributed by atoms with van der Waals surface area (Å²) in [6.45, 7) is 7.00. The van der Waals surface area contributed by atoms with Crippen LogP contribution in [0.15, 0.2) is 0 Å². The number of ether oxygens (including phenoxy) is 1. The van der Waals surface area contributed by atoms with Crippen LogP contribution in [0.5, 0.6) is 0 Å². The Morgan fingerprint density at radius 2 is 2.17 bits per heavy atom. The Hall–Kier alpha value is -0.940. The maximum Gasteiger partial charge on any atom is 0.350 e. The second kappa shape index (κ2) is 7.48. The molecular formula is C13H22N2O2S. The maximum absolute atomic E-state index is 11.8. The smallest absolute Gasteiger partial charge is 0.350 e. The lowest BCUT2D eigenvalue weighted by Crippen LogP contribution is -2.06. The predicted molar refractivity (Wildman–Crippen MR) is 74.2 cm³/mol. The Kier molecular flexibility index (Phi) is 6.29. The van der Waals surface area contributed by atoms with Crippen molar-refractivity contribution in [1.29, 1.82) is 0 Å². The molecule has 4 nitrogen and oxygen atoms in total. The summed E-state index contributed by atoms with van der Waals surface area (Å²) in [5.74, 6) is -0.00677. The summed E-state index contributed by atoms with van der Waals surface area (Å²) in [4.78, 5) is 17.1. The Morgan fingerprint density at radius 1 is 1.44 bits per heavy atom. The molecule has 0 aliphatic carbocycles. The molecule has 0 saturated carbocycles. The van der Waals surface area contributed by atoms with Crippen LogP contribution in [0.4, 0.5) is 0 Å². The topological polar surface area (TPSA) is 65.2 Å². The first-order valence-electron chi connectivity index (χ1n) is 6.46. The van der Waals surface area contributed by atoms with Gasteiger partial charge in [0.25, 0.3) is 0 Å². The highest BCUT2D eigenvalue weighted by Gasteiger charge is 2.20. The van der Waals surface area contributed by atoms with Gasteiger partial charge in [0, 0.05) is 0 Å². The largest absolute Gasteiger partial charge is 0.462 e. The molecule has 0 unspecified atom stereocenters. The van der Waals surface area contributed by atoms with E-state index in [0.717, 1.165) is 30.0 Å². The first-order chi connectivity index (χ1) is 8.60. The Balaban J connectivity index is 2.83. The van der Waals surface area contributed by atoms with Crippen LogP contribution in [0.3, 0.4) is 0 Å². The van der Waals surface area contributed by atoms with Gasteiger partial charge in [-0.05, 0) is 38.6 Å². The zero-order valence-electron chi connectivity index (χ0n) is 11.4. The van der Waals surface area contributed by atoms with Crippen molar-refractivity contribution in [2.45, 2.75) is 46.0 Å². The second-order valence-corrected chi connectivity index (χ2v) is 5.53. The van der Waals surface area contributed by atoms with Crippen molar-refractivity contribution < 1.29 is 9.53 Å². The Bertz CT molecular complexity index is 388. The van der Waals surface area contributed by atoms with Gasteiger partial charge in [0.15, 0.2) is 0 Å². The number of rotatable bonds is 7. The zero-order valence-corrected chi connectivity index (χ0v) is 12.2. The van der Waals surface area contributed by atoms with Gasteiger partial charge in [-0.1, -0.05) is 13.8 Å². The fourth-order valence-electron chi connectivity index (χ4n) is 1.64. The second-order valence-electron chi connectivity index (χ2n) is 4.44. The van der Waals surface area contributed by atoms with Crippen molar-refractivity contribution in [3.05, 3.63) is 15.6 Å². The van der Waals surface area contributed by atoms with Gasteiger partial charge in [0.05, 0.1) is 17.3 Å². The summed E-state index contributed by atoms with van der Waals surface area (Å²) in [6.07, 6.45) is 2.90. The highest BCUT2D eigenvalue weighted by Crippen LogP contribution is 2.26. The first kappa shape index (κ1) is 15.1. The number of nitrogens with two attached hydrogens (primary N) is 1. The lowest BCUT2D eigenvalue weighted by molar-refractivity contribution is 0.0530. The van der Waals surface area contributed by atoms with Crippen LogP contribution >= 0.6 is 11.3 Å². The standard InChI is InChI=1S/C13H22N2O2S/c1-4-17-13(16)12-11(9(2)3)15-10(18-12)7-5-6-8-14/h9H,4-8,14H2,1-3H3. The van der Waals surface area contributed by atoms with E-state index in [1.807, 2.05) is 20.8 Å². The van der Waals surface area contributed by atoms with Gasteiger partial charge < -0.3 is 10.5 Å². The van der Waals surface area contributed by atoms with Crippen LogP contribution in [-0.4, -0.2) is 24.1 Å². The van der Waals surface area contributed by atoms with Gasteiger partial charge in [-0.15, -0.1) is 11.3 Å². The minimum absolute atomic E-state index is 0.240. The number of aryl methyl sites for hydroxylation is 1. The average molecular weight is 270 g/mol. The van der Waals surface area contributed by atoms with Crippen LogP contribution in [0, 0.1) is 0 Å². The summed E-state index contributed by atoms with van der Waals surface area (Å²) in [5, 5.41) is 1.01. The molecule has 0 saturated heterocycles. The lowest BCUT2D eigenvalue weighted by atomic mass is 10.1. The molecule has 2 N–H and O–H groups in total. The molecule has 0 atom stereocenters. The van der Waals surface area contributed by atoms with Gasteiger partial charge in [0.2, 0.25) is 0 Å². The van der Waals surface area contributed by atoms with Gasteiger partial charge in [0.1, 0.15) is 4.88 Å². The van der Waals surface area contributed by atoms with Gasteiger partial charge in [-0.2, -0.15) is 0 Å². The molecule has 0 aliphatic rings. The summed E-state index contributed by atoms with van der Waals surface area (Å²) >= 11 is 1.46. The average Bonchev–Trinajstić information content (AvgIpc) is 2.74. The fourth-order valence-corrected chi connectivity index (χ4v) is 2.79. The predicted octanol–water partition coefficient (Wildman–Crippen LogP) is 2.72. The van der Waals surface area contributed by atoms with E-state index >= 15 is 0 Å². The molecule has 0 spiro atoms. The summed E-state index contributed by atoms with van der Waals surface area (Å²) < 4.78 is 5.07. The summed E-state index contributed by atoms with van der Waals surface area (Å²) in [5.41, 5.74) is 6.33. The first-order valence-corrected chi connectivity index (χ1v) is 7.28. The minimum atomic E-state index is -0.247. The van der Waals surface area contributed by atoms with Gasteiger partial charge >= 0.3 is 5.97 Å². The lowest BCUT2D eigenvalue weighted by Gasteiger charge is -2.04. The number of hydrogen-bond donors (Lipinski definition) is 1. The summed E-state index contributed by atoms with van der Waals surface area (Å²) in [6, 6.07) is 0. The van der Waals surface area contributed by atoms with E-state index in [0.29, 0.717) is 18.0 Å². The van der Waals surface area contributed by atoms with E-state index < -0.39 is 0 Å². The highest BCUT2D eigenvalue weighted by molar-refractivity contribution is 7.13. The third-order valence-corrected chi connectivity index (χ3v) is 3.66. The number of thiazole rings is 1. The number of hydrogen-bond acceptors (Lipinski definition) is 5. The Morgan fingerprint density at radius 3 is 2.72 bits per heavy atom. The molecule has 5 heteroatoms. The molecule has 0 amide bonds. The molecular weight excluding hydrogens is 248 g/mol. The number of unbranched alkanes of at least 4 members (excludes halogenated alkanes) is 1. The number of esters is 1. The van der Waals surface area contributed by atoms with E-state index in [-0.39, 0.29) is 11.9 Å². The number of carbonyl (C=O) groups excluding carboxylic acids is 1. The normalized spacial score (nSPS) is 10.9. The van der Waals surface area contributed by atoms with Crippen LogP contribution in [0.2, 0.25) is 0 Å². The van der Waals surface area contributed by atoms with Crippen LogP contribution in [0.1, 0.15) is 59.9 Å². The van der Waals surface area contributed by atoms with E-state index in [2.05, 4.69) is 4.98 Å². The van der Waals surface area contributed by atoms with Crippen molar-refractivity contribution in [3.63, 3.8) is 0 Å². The SMILES string of the molecule is CCOC(=O)c1sc(CCCCN)nc1C(C)C. The molecule has 0 aliphatic heterocycles. The van der Waals surface area contributed by atoms with E-state index in [4.69, 9.17) is 10.5 Å². The van der Waals surface area contributed by atoms with Gasteiger partial charge in [-0.25, -0.2) is 9.78 Å². The van der Waals surface area contributed by atoms with Crippen LogP contribution < -0.4 is 5.73 Å². The van der Waals surface area contributed by atoms with Crippen molar-refractivity contribution in [2.75, 3.05) is 13.2 Å². The molecule has 0 fully saturated rings. The van der Waals surface area contributed by atoms with E-state index in [9.17, 15) is 4.79 Å². The third-order valence-electron chi connectivity index (χ3n) is 2.55. The highest BCUT2D eigenvalue weighted by atomic mass is 32.1. The van der Waals surface area contributed by atoms with Crippen LogP contribution in [-0.2, 0) is 11.2 Å². The van der Waals surface area contributed by atoms with Crippen molar-refractivity contribution in [2.24, 2.45) is 5.73 Å². The Labute approximate surface area is 113 Å². The third kappa shape index (κ3) is 4.07. The van der Waals surface area contributed by atoms with Crippen molar-refractivity contribution in [1.82, 2.24) is 4.98 Å². The number of nitrogens with zero attached hydrogens (tertiary/aromatic N) is 1. The quantitative estimate of drug-likeness (QED) is 0.611. The minimum Gasteiger partial charge on any atom is -0.462 e. The maximum atomic E-state index is 11.8. The molecule has 0 radical (unpaired) electrons. The van der Waals surface area contributed by atoms with Crippen molar-refractivity contribution >= 4 is 17.3 Å².